The van der Waals surface area contributed by atoms with Gasteiger partial charge in [-0.1, -0.05) is 19.4 Å². The molecule has 1 aromatic carbocycles. The molecule has 1 aliphatic heterocycles. The van der Waals surface area contributed by atoms with Crippen molar-refractivity contribution in [2.45, 2.75) is 65.0 Å². The summed E-state index contributed by atoms with van der Waals surface area (Å²) in [6, 6.07) is 10.0. The molecule has 0 aliphatic carbocycles. The fraction of sp³-hybridized carbons (Fsp3) is 0.522. The first-order valence-electron chi connectivity index (χ1n) is 10.5. The summed E-state index contributed by atoms with van der Waals surface area (Å²) in [5.41, 5.74) is 3.25. The Kier molecular flexibility index (Phi) is 6.64. The lowest BCUT2D eigenvalue weighted by Crippen LogP contribution is -2.45. The van der Waals surface area contributed by atoms with Crippen molar-refractivity contribution in [2.75, 3.05) is 6.54 Å². The Bertz CT molecular complexity index is 899. The molecule has 0 saturated carbocycles. The summed E-state index contributed by atoms with van der Waals surface area (Å²) >= 11 is 0. The fourth-order valence-corrected chi connectivity index (χ4v) is 4.30. The maximum Gasteiger partial charge on any atom is 0.193 e. The number of aromatic nitrogens is 1. The van der Waals surface area contributed by atoms with Crippen LogP contribution < -0.4 is 5.32 Å². The number of nitriles is 1. The molecule has 28 heavy (non-hydrogen) atoms. The fourth-order valence-electron chi connectivity index (χ4n) is 4.30. The van der Waals surface area contributed by atoms with Gasteiger partial charge in [0.15, 0.2) is 5.78 Å². The molecule has 1 aliphatic rings. The standard InChI is InChI=1S/C23H30N4O/c1-3-17(22(25)23(28)20-7-5-6-12-26-20)10-11-19-14-18-9-8-16(15-24)13-21(18)27(19)4-2/h8-9,13-14,17,20,25-26H,3-7,10-12H2,1-2H3/t17-,20?/m0/s1. The molecule has 0 amide bonds. The van der Waals surface area contributed by atoms with Crippen LogP contribution in [0.2, 0.25) is 0 Å². The second-order valence-corrected chi connectivity index (χ2v) is 7.69. The lowest BCUT2D eigenvalue weighted by Gasteiger charge is -2.25. The molecule has 0 spiro atoms. The molecule has 0 bridgehead atoms. The van der Waals surface area contributed by atoms with E-state index in [1.807, 2.05) is 18.2 Å². The van der Waals surface area contributed by atoms with Crippen molar-refractivity contribution < 1.29 is 4.79 Å². The summed E-state index contributed by atoms with van der Waals surface area (Å²) in [7, 11) is 0. The molecule has 2 atom stereocenters. The Morgan fingerprint density at radius 2 is 2.18 bits per heavy atom. The van der Waals surface area contributed by atoms with E-state index in [1.54, 1.807) is 0 Å². The molecule has 5 heteroatoms. The summed E-state index contributed by atoms with van der Waals surface area (Å²) in [5.74, 6) is -0.0181. The van der Waals surface area contributed by atoms with Gasteiger partial charge in [-0.25, -0.2) is 0 Å². The highest BCUT2D eigenvalue weighted by molar-refractivity contribution is 6.41. The van der Waals surface area contributed by atoms with Crippen LogP contribution >= 0.6 is 0 Å². The Morgan fingerprint density at radius 3 is 2.82 bits per heavy atom. The van der Waals surface area contributed by atoms with Crippen molar-refractivity contribution >= 4 is 22.4 Å². The highest BCUT2D eigenvalue weighted by atomic mass is 16.1. The maximum atomic E-state index is 12.7. The number of piperidine rings is 1. The topological polar surface area (TPSA) is 81.7 Å². The summed E-state index contributed by atoms with van der Waals surface area (Å²) in [5, 5.41) is 22.1. The molecule has 2 heterocycles. The van der Waals surface area contributed by atoms with Gasteiger partial charge in [0.1, 0.15) is 0 Å². The Morgan fingerprint density at radius 1 is 1.36 bits per heavy atom. The Balaban J connectivity index is 1.73. The quantitative estimate of drug-likeness (QED) is 0.675. The van der Waals surface area contributed by atoms with Crippen LogP contribution in [0.15, 0.2) is 24.3 Å². The molecule has 5 nitrogen and oxygen atoms in total. The highest BCUT2D eigenvalue weighted by Crippen LogP contribution is 2.24. The van der Waals surface area contributed by atoms with Gasteiger partial charge in [0.25, 0.3) is 0 Å². The Hall–Kier alpha value is -2.45. The van der Waals surface area contributed by atoms with Gasteiger partial charge in [-0.3, -0.25) is 4.79 Å². The normalized spacial score (nSPS) is 18.0. The molecule has 0 radical (unpaired) electrons. The van der Waals surface area contributed by atoms with Gasteiger partial charge in [-0.15, -0.1) is 0 Å². The zero-order chi connectivity index (χ0) is 20.1. The molecule has 1 fully saturated rings. The smallest absolute Gasteiger partial charge is 0.193 e. The number of rotatable bonds is 8. The lowest BCUT2D eigenvalue weighted by molar-refractivity contribution is -0.115. The van der Waals surface area contributed by atoms with E-state index in [0.717, 1.165) is 62.5 Å². The molecular weight excluding hydrogens is 348 g/mol. The van der Waals surface area contributed by atoms with Crippen LogP contribution in [0, 0.1) is 22.7 Å². The minimum atomic E-state index is -0.165. The number of nitrogens with one attached hydrogen (secondary N) is 2. The van der Waals surface area contributed by atoms with Crippen molar-refractivity contribution in [2.24, 2.45) is 5.92 Å². The zero-order valence-electron chi connectivity index (χ0n) is 16.9. The SMILES string of the molecule is CC[C@@H](CCc1cc2ccc(C#N)cc2n1CC)C(=N)C(=O)C1CCCCN1. The number of ketones is 1. The second kappa shape index (κ2) is 9.16. The van der Waals surface area contributed by atoms with Gasteiger partial charge < -0.3 is 15.3 Å². The predicted molar refractivity (Wildman–Crippen MR) is 113 cm³/mol. The van der Waals surface area contributed by atoms with E-state index in [0.29, 0.717) is 5.56 Å². The molecule has 2 aromatic rings. The van der Waals surface area contributed by atoms with Crippen LogP contribution in [0.3, 0.4) is 0 Å². The average molecular weight is 379 g/mol. The van der Waals surface area contributed by atoms with Crippen LogP contribution in [0.25, 0.3) is 10.9 Å². The van der Waals surface area contributed by atoms with E-state index in [-0.39, 0.29) is 23.5 Å². The number of carbonyl (C=O) groups is 1. The van der Waals surface area contributed by atoms with Crippen molar-refractivity contribution in [3.63, 3.8) is 0 Å². The summed E-state index contributed by atoms with van der Waals surface area (Å²) in [6.07, 6.45) is 5.47. The third kappa shape index (κ3) is 4.18. The first-order valence-corrected chi connectivity index (χ1v) is 10.5. The number of carbonyl (C=O) groups excluding carboxylic acids is 1. The minimum Gasteiger partial charge on any atom is -0.345 e. The molecule has 1 saturated heterocycles. The third-order valence-corrected chi connectivity index (χ3v) is 5.98. The second-order valence-electron chi connectivity index (χ2n) is 7.69. The number of hydrogen-bond donors (Lipinski definition) is 2. The number of aryl methyl sites for hydroxylation is 2. The first kappa shape index (κ1) is 20.3. The van der Waals surface area contributed by atoms with E-state index in [1.165, 1.54) is 5.69 Å². The number of fused-ring (bicyclic) bond motifs is 1. The number of nitrogens with zero attached hydrogens (tertiary/aromatic N) is 2. The highest BCUT2D eigenvalue weighted by Gasteiger charge is 2.28. The van der Waals surface area contributed by atoms with Crippen LogP contribution in [0.5, 0.6) is 0 Å². The van der Waals surface area contributed by atoms with Gasteiger partial charge in [0, 0.05) is 23.7 Å². The van der Waals surface area contributed by atoms with Crippen molar-refractivity contribution in [3.05, 3.63) is 35.5 Å². The Labute approximate surface area is 167 Å². The monoisotopic (exact) mass is 378 g/mol. The van der Waals surface area contributed by atoms with Crippen LogP contribution in [-0.2, 0) is 17.8 Å². The molecule has 148 valence electrons. The van der Waals surface area contributed by atoms with E-state index >= 15 is 0 Å². The molecular formula is C23H30N4O. The van der Waals surface area contributed by atoms with Gasteiger partial charge in [0.05, 0.1) is 23.4 Å². The summed E-state index contributed by atoms with van der Waals surface area (Å²) < 4.78 is 2.25. The van der Waals surface area contributed by atoms with Crippen molar-refractivity contribution in [1.29, 1.82) is 10.7 Å². The summed E-state index contributed by atoms with van der Waals surface area (Å²) in [6.45, 7) is 5.89. The van der Waals surface area contributed by atoms with Gasteiger partial charge in [-0.05, 0) is 69.2 Å². The number of Topliss-reactive ketones (excluding diaryl/α,β-unsaturated/α-hetero) is 1. The van der Waals surface area contributed by atoms with E-state index in [4.69, 9.17) is 5.41 Å². The molecule has 1 unspecified atom stereocenters. The van der Waals surface area contributed by atoms with Crippen molar-refractivity contribution in [1.82, 2.24) is 9.88 Å². The van der Waals surface area contributed by atoms with E-state index in [9.17, 15) is 10.1 Å². The molecule has 1 aromatic heterocycles. The van der Waals surface area contributed by atoms with Gasteiger partial charge in [0.2, 0.25) is 0 Å². The number of benzene rings is 1. The predicted octanol–water partition coefficient (Wildman–Crippen LogP) is 4.22. The van der Waals surface area contributed by atoms with Gasteiger partial charge >= 0.3 is 0 Å². The number of hydrogen-bond acceptors (Lipinski definition) is 4. The van der Waals surface area contributed by atoms with Crippen LogP contribution in [0.1, 0.15) is 57.2 Å². The molecule has 2 N–H and O–H groups in total. The first-order chi connectivity index (χ1) is 13.6. The third-order valence-electron chi connectivity index (χ3n) is 5.98. The zero-order valence-corrected chi connectivity index (χ0v) is 16.9. The van der Waals surface area contributed by atoms with Gasteiger partial charge in [-0.2, -0.15) is 5.26 Å². The lowest BCUT2D eigenvalue weighted by atomic mass is 9.87. The minimum absolute atomic E-state index is 0.00536. The van der Waals surface area contributed by atoms with E-state index in [2.05, 4.69) is 35.9 Å². The molecule has 3 rings (SSSR count). The largest absolute Gasteiger partial charge is 0.345 e. The average Bonchev–Trinajstić information content (AvgIpc) is 3.10. The van der Waals surface area contributed by atoms with Crippen LogP contribution in [0.4, 0.5) is 0 Å². The van der Waals surface area contributed by atoms with E-state index < -0.39 is 0 Å². The van der Waals surface area contributed by atoms with Crippen molar-refractivity contribution in [3.8, 4) is 6.07 Å². The summed E-state index contributed by atoms with van der Waals surface area (Å²) in [4.78, 5) is 12.7. The van der Waals surface area contributed by atoms with Crippen LogP contribution in [-0.4, -0.2) is 28.6 Å². The maximum absolute atomic E-state index is 12.7.